The Morgan fingerprint density at radius 1 is 0.967 bits per heavy atom. The van der Waals surface area contributed by atoms with Gasteiger partial charge in [0, 0.05) is 17.8 Å². The van der Waals surface area contributed by atoms with E-state index >= 15 is 0 Å². The smallest absolute Gasteiger partial charge is 0.241 e. The van der Waals surface area contributed by atoms with Crippen LogP contribution in [0.15, 0.2) is 65.6 Å². The van der Waals surface area contributed by atoms with Gasteiger partial charge in [-0.2, -0.15) is 4.72 Å². The number of rotatable bonds is 6. The third-order valence-electron chi connectivity index (χ3n) is 5.66. The van der Waals surface area contributed by atoms with Gasteiger partial charge in [0.2, 0.25) is 10.0 Å². The van der Waals surface area contributed by atoms with Crippen molar-refractivity contribution in [3.8, 4) is 5.75 Å². The highest BCUT2D eigenvalue weighted by Crippen LogP contribution is 2.32. The topological polar surface area (TPSA) is 71.2 Å². The molecule has 2 N–H and O–H groups in total. The van der Waals surface area contributed by atoms with Crippen molar-refractivity contribution in [1.29, 1.82) is 0 Å². The molecule has 0 saturated heterocycles. The van der Waals surface area contributed by atoms with Gasteiger partial charge in [-0.3, -0.25) is 0 Å². The fourth-order valence-corrected chi connectivity index (χ4v) is 5.09. The second kappa shape index (κ2) is 8.13. The van der Waals surface area contributed by atoms with E-state index in [4.69, 9.17) is 4.74 Å². The number of nitrogens with one attached hydrogen (secondary N) is 2. The number of aryl methyl sites for hydroxylation is 1. The lowest BCUT2D eigenvalue weighted by molar-refractivity contribution is 0.414. The summed E-state index contributed by atoms with van der Waals surface area (Å²) in [6, 6.07) is 13.9. The molecule has 1 heterocycles. The monoisotopic (exact) mass is 422 g/mol. The van der Waals surface area contributed by atoms with Gasteiger partial charge in [-0.15, -0.1) is 0 Å². The van der Waals surface area contributed by atoms with Crippen LogP contribution in [0.3, 0.4) is 0 Å². The number of fused-ring (bicyclic) bond motifs is 1. The molecule has 3 aromatic rings. The molecule has 1 aliphatic rings. The van der Waals surface area contributed by atoms with Crippen LogP contribution < -0.4 is 9.46 Å². The molecule has 1 atom stereocenters. The fraction of sp³-hybridized carbons (Fsp3) is 0.250. The first-order valence-corrected chi connectivity index (χ1v) is 11.5. The summed E-state index contributed by atoms with van der Waals surface area (Å²) in [6.45, 7) is 3.99. The zero-order valence-electron chi connectivity index (χ0n) is 17.4. The Morgan fingerprint density at radius 3 is 2.27 bits per heavy atom. The molecule has 1 aromatic heterocycles. The number of aromatic nitrogens is 1. The number of ether oxygens (including phenoxy) is 1. The lowest BCUT2D eigenvalue weighted by Gasteiger charge is -2.20. The highest BCUT2D eigenvalue weighted by Gasteiger charge is 2.27. The van der Waals surface area contributed by atoms with Crippen molar-refractivity contribution in [2.45, 2.75) is 37.6 Å². The predicted octanol–water partition coefficient (Wildman–Crippen LogP) is 4.36. The second-order valence-electron chi connectivity index (χ2n) is 7.64. The van der Waals surface area contributed by atoms with Gasteiger partial charge < -0.3 is 9.72 Å². The molecule has 0 amide bonds. The maximum Gasteiger partial charge on any atom is 0.241 e. The number of benzene rings is 2. The van der Waals surface area contributed by atoms with Gasteiger partial charge in [-0.05, 0) is 61.2 Å². The SMILES string of the molecule is COc1ccc(C(NS(=O)(=O)c2ccc(C)cc2)c2[nH]c3c(c2C)CC=CC3)cc1. The number of allylic oxidation sites excluding steroid dienone is 2. The van der Waals surface area contributed by atoms with Crippen LogP contribution >= 0.6 is 0 Å². The van der Waals surface area contributed by atoms with Gasteiger partial charge in [0.15, 0.2) is 0 Å². The second-order valence-corrected chi connectivity index (χ2v) is 9.35. The third kappa shape index (κ3) is 3.93. The average Bonchev–Trinajstić information content (AvgIpc) is 3.09. The molecule has 2 aromatic carbocycles. The molecular formula is C24H26N2O3S. The Hall–Kier alpha value is -2.83. The standard InChI is InChI=1S/C24H26N2O3S/c1-16-8-14-20(15-9-16)30(27,28)26-24(18-10-12-19(29-3)13-11-18)23-17(2)21-6-4-5-7-22(21)25-23/h4-5,8-15,24-26H,6-7H2,1-3H3. The highest BCUT2D eigenvalue weighted by atomic mass is 32.2. The molecule has 5 nitrogen and oxygen atoms in total. The van der Waals surface area contributed by atoms with Crippen LogP contribution in [-0.2, 0) is 22.9 Å². The normalized spacial score (nSPS) is 14.4. The minimum atomic E-state index is -3.72. The van der Waals surface area contributed by atoms with Gasteiger partial charge in [0.25, 0.3) is 0 Å². The summed E-state index contributed by atoms with van der Waals surface area (Å²) in [5, 5.41) is 0. The average molecular weight is 423 g/mol. The number of sulfonamides is 1. The summed E-state index contributed by atoms with van der Waals surface area (Å²) in [7, 11) is -2.11. The van der Waals surface area contributed by atoms with Gasteiger partial charge in [-0.1, -0.05) is 42.0 Å². The van der Waals surface area contributed by atoms with Crippen LogP contribution in [0.4, 0.5) is 0 Å². The number of hydrogen-bond donors (Lipinski definition) is 2. The van der Waals surface area contributed by atoms with E-state index in [0.29, 0.717) is 0 Å². The van der Waals surface area contributed by atoms with Crippen LogP contribution in [0, 0.1) is 13.8 Å². The zero-order valence-corrected chi connectivity index (χ0v) is 18.2. The van der Waals surface area contributed by atoms with Crippen molar-refractivity contribution in [1.82, 2.24) is 9.71 Å². The number of hydrogen-bond acceptors (Lipinski definition) is 3. The lowest BCUT2D eigenvalue weighted by atomic mass is 9.97. The van der Waals surface area contributed by atoms with Crippen molar-refractivity contribution in [2.24, 2.45) is 0 Å². The third-order valence-corrected chi connectivity index (χ3v) is 7.10. The van der Waals surface area contributed by atoms with Crippen LogP contribution in [0.5, 0.6) is 5.75 Å². The summed E-state index contributed by atoms with van der Waals surface area (Å²) in [6.07, 6.45) is 5.99. The number of H-pyrrole nitrogens is 1. The summed E-state index contributed by atoms with van der Waals surface area (Å²) >= 11 is 0. The highest BCUT2D eigenvalue weighted by molar-refractivity contribution is 7.89. The summed E-state index contributed by atoms with van der Waals surface area (Å²) < 4.78 is 34.6. The first kappa shape index (κ1) is 20.4. The molecule has 0 radical (unpaired) electrons. The lowest BCUT2D eigenvalue weighted by Crippen LogP contribution is -2.30. The van der Waals surface area contributed by atoms with E-state index in [9.17, 15) is 8.42 Å². The van der Waals surface area contributed by atoms with Crippen LogP contribution in [0.2, 0.25) is 0 Å². The molecule has 4 rings (SSSR count). The van der Waals surface area contributed by atoms with Crippen molar-refractivity contribution in [2.75, 3.05) is 7.11 Å². The van der Waals surface area contributed by atoms with E-state index in [1.165, 1.54) is 5.56 Å². The predicted molar refractivity (Wildman–Crippen MR) is 118 cm³/mol. The number of aromatic amines is 1. The van der Waals surface area contributed by atoms with E-state index < -0.39 is 16.1 Å². The molecule has 1 unspecified atom stereocenters. The summed E-state index contributed by atoms with van der Waals surface area (Å²) in [5.74, 6) is 0.727. The van der Waals surface area contributed by atoms with Crippen molar-refractivity contribution >= 4 is 10.0 Å². The Kier molecular flexibility index (Phi) is 5.54. The molecule has 0 fully saturated rings. The molecule has 0 bridgehead atoms. The van der Waals surface area contributed by atoms with Gasteiger partial charge in [0.1, 0.15) is 5.75 Å². The van der Waals surface area contributed by atoms with Gasteiger partial charge >= 0.3 is 0 Å². The molecule has 0 saturated carbocycles. The molecule has 0 spiro atoms. The molecule has 30 heavy (non-hydrogen) atoms. The van der Waals surface area contributed by atoms with E-state index in [0.717, 1.165) is 46.7 Å². The first-order chi connectivity index (χ1) is 14.4. The minimum Gasteiger partial charge on any atom is -0.497 e. The van der Waals surface area contributed by atoms with E-state index in [1.807, 2.05) is 31.2 Å². The van der Waals surface area contributed by atoms with Crippen molar-refractivity contribution in [3.05, 3.63) is 94.3 Å². The minimum absolute atomic E-state index is 0.252. The van der Waals surface area contributed by atoms with Crippen LogP contribution in [-0.4, -0.2) is 20.5 Å². The Bertz CT molecular complexity index is 1170. The quantitative estimate of drug-likeness (QED) is 0.580. The maximum atomic E-state index is 13.2. The largest absolute Gasteiger partial charge is 0.497 e. The van der Waals surface area contributed by atoms with Gasteiger partial charge in [0.05, 0.1) is 18.0 Å². The van der Waals surface area contributed by atoms with Gasteiger partial charge in [-0.25, -0.2) is 8.42 Å². The molecule has 156 valence electrons. The van der Waals surface area contributed by atoms with Crippen molar-refractivity contribution in [3.63, 3.8) is 0 Å². The van der Waals surface area contributed by atoms with E-state index in [-0.39, 0.29) is 4.90 Å². The molecular weight excluding hydrogens is 396 g/mol. The zero-order chi connectivity index (χ0) is 21.3. The van der Waals surface area contributed by atoms with Crippen molar-refractivity contribution < 1.29 is 13.2 Å². The molecule has 1 aliphatic carbocycles. The first-order valence-electron chi connectivity index (χ1n) is 9.97. The summed E-state index contributed by atoms with van der Waals surface area (Å²) in [5.41, 5.74) is 6.24. The summed E-state index contributed by atoms with van der Waals surface area (Å²) in [4.78, 5) is 3.75. The van der Waals surface area contributed by atoms with Crippen LogP contribution in [0.1, 0.15) is 39.7 Å². The number of methoxy groups -OCH3 is 1. The fourth-order valence-electron chi connectivity index (χ4n) is 3.89. The van der Waals surface area contributed by atoms with Crippen LogP contribution in [0.25, 0.3) is 0 Å². The molecule has 0 aliphatic heterocycles. The maximum absolute atomic E-state index is 13.2. The Balaban J connectivity index is 1.78. The molecule has 6 heteroatoms. The Labute approximate surface area is 177 Å². The van der Waals surface area contributed by atoms with E-state index in [1.54, 1.807) is 31.4 Å². The van der Waals surface area contributed by atoms with E-state index in [2.05, 4.69) is 28.8 Å². The Morgan fingerprint density at radius 2 is 1.63 bits per heavy atom.